The number of nitrogens with zero attached hydrogens (tertiary/aromatic N) is 1. The third kappa shape index (κ3) is 3.18. The normalized spacial score (nSPS) is 10.1. The maximum Gasteiger partial charge on any atom is 0.0838 e. The summed E-state index contributed by atoms with van der Waals surface area (Å²) in [6.45, 7) is 0. The van der Waals surface area contributed by atoms with E-state index in [-0.39, 0.29) is 6.42 Å². The molecule has 0 fully saturated rings. The monoisotopic (exact) mass is 369 g/mol. The number of nitrogen functional groups attached to an aromatic ring is 1. The summed E-state index contributed by atoms with van der Waals surface area (Å²) in [7, 11) is 0. The van der Waals surface area contributed by atoms with Crippen molar-refractivity contribution in [2.75, 3.05) is 11.1 Å². The molecule has 0 atom stereocenters. The number of rotatable bonds is 3. The van der Waals surface area contributed by atoms with Gasteiger partial charge < -0.3 is 11.1 Å². The van der Waals surface area contributed by atoms with Crippen molar-refractivity contribution in [1.82, 2.24) is 0 Å². The van der Waals surface area contributed by atoms with Crippen LogP contribution in [0.15, 0.2) is 34.8 Å². The molecule has 0 unspecified atom stereocenters. The molecule has 2 rings (SSSR count). The molecular weight excluding hydrogens is 361 g/mol. The molecule has 0 amide bonds. The van der Waals surface area contributed by atoms with Crippen LogP contribution >= 0.6 is 39.1 Å². The second-order valence-corrected chi connectivity index (χ2v) is 5.71. The summed E-state index contributed by atoms with van der Waals surface area (Å²) in [6.07, 6.45) is 0.260. The lowest BCUT2D eigenvalue weighted by Crippen LogP contribution is -1.97. The third-order valence-corrected chi connectivity index (χ3v) is 4.50. The van der Waals surface area contributed by atoms with Crippen molar-refractivity contribution in [3.05, 3.63) is 50.4 Å². The fourth-order valence-electron chi connectivity index (χ4n) is 1.70. The van der Waals surface area contributed by atoms with Crippen molar-refractivity contribution >= 4 is 56.2 Å². The second-order valence-electron chi connectivity index (χ2n) is 4.10. The van der Waals surface area contributed by atoms with E-state index in [1.165, 1.54) is 0 Å². The molecule has 2 aromatic carbocycles. The van der Waals surface area contributed by atoms with Gasteiger partial charge in [0.15, 0.2) is 0 Å². The smallest absolute Gasteiger partial charge is 0.0838 e. The Morgan fingerprint density at radius 3 is 2.65 bits per heavy atom. The zero-order chi connectivity index (χ0) is 14.7. The summed E-state index contributed by atoms with van der Waals surface area (Å²) in [5.41, 5.74) is 8.66. The van der Waals surface area contributed by atoms with Crippen molar-refractivity contribution in [2.45, 2.75) is 6.42 Å². The Bertz CT molecular complexity index is 696. The summed E-state index contributed by atoms with van der Waals surface area (Å²) >= 11 is 15.6. The van der Waals surface area contributed by atoms with Gasteiger partial charge in [-0.3, -0.25) is 0 Å². The second kappa shape index (κ2) is 6.36. The van der Waals surface area contributed by atoms with Crippen LogP contribution < -0.4 is 11.1 Å². The van der Waals surface area contributed by atoms with E-state index >= 15 is 0 Å². The molecule has 0 aliphatic rings. The van der Waals surface area contributed by atoms with E-state index in [1.807, 2.05) is 24.3 Å². The molecule has 0 aliphatic carbocycles. The lowest BCUT2D eigenvalue weighted by molar-refractivity contribution is 1.27. The molecule has 0 heterocycles. The topological polar surface area (TPSA) is 61.8 Å². The van der Waals surface area contributed by atoms with Crippen molar-refractivity contribution in [2.24, 2.45) is 0 Å². The molecule has 3 N–H and O–H groups in total. The number of nitrogens with two attached hydrogens (primary N) is 1. The van der Waals surface area contributed by atoms with Gasteiger partial charge in [0.1, 0.15) is 0 Å². The standard InChI is InChI=1S/C14H10BrCl2N3/c15-10-2-4-12(14(17)13(10)16)20-9-1-3-11(19)8(7-9)5-6-18/h1-4,7,20H,5,19H2. The highest BCUT2D eigenvalue weighted by atomic mass is 79.9. The van der Waals surface area contributed by atoms with Gasteiger partial charge in [0.25, 0.3) is 0 Å². The first-order valence-corrected chi connectivity index (χ1v) is 7.23. The Labute approximate surface area is 135 Å². The number of anilines is 3. The van der Waals surface area contributed by atoms with E-state index in [2.05, 4.69) is 27.3 Å². The van der Waals surface area contributed by atoms with Crippen LogP contribution in [-0.4, -0.2) is 0 Å². The molecular formula is C14H10BrCl2N3. The van der Waals surface area contributed by atoms with E-state index in [1.54, 1.807) is 6.07 Å². The number of nitrogens with one attached hydrogen (secondary N) is 1. The van der Waals surface area contributed by atoms with Crippen LogP contribution in [-0.2, 0) is 6.42 Å². The number of nitriles is 1. The predicted molar refractivity (Wildman–Crippen MR) is 87.6 cm³/mol. The zero-order valence-corrected chi connectivity index (χ0v) is 13.4. The molecule has 3 nitrogen and oxygen atoms in total. The molecule has 0 aliphatic heterocycles. The van der Waals surface area contributed by atoms with E-state index in [9.17, 15) is 0 Å². The molecule has 102 valence electrons. The predicted octanol–water partition coefficient (Wildman–Crippen LogP) is 5.15. The highest BCUT2D eigenvalue weighted by molar-refractivity contribution is 9.10. The highest BCUT2D eigenvalue weighted by Gasteiger charge is 2.09. The minimum Gasteiger partial charge on any atom is -0.398 e. The van der Waals surface area contributed by atoms with E-state index in [4.69, 9.17) is 34.2 Å². The maximum absolute atomic E-state index is 8.77. The molecule has 0 bridgehead atoms. The van der Waals surface area contributed by atoms with Crippen LogP contribution in [0.3, 0.4) is 0 Å². The van der Waals surface area contributed by atoms with Crippen LogP contribution in [0.4, 0.5) is 17.1 Å². The molecule has 2 aromatic rings. The Balaban J connectivity index is 2.33. The third-order valence-electron chi connectivity index (χ3n) is 2.73. The van der Waals surface area contributed by atoms with Crippen LogP contribution in [0.2, 0.25) is 10.0 Å². The van der Waals surface area contributed by atoms with E-state index < -0.39 is 0 Å². The molecule has 0 saturated heterocycles. The van der Waals surface area contributed by atoms with E-state index in [0.717, 1.165) is 15.7 Å². The molecule has 20 heavy (non-hydrogen) atoms. The average Bonchev–Trinajstić information content (AvgIpc) is 2.43. The number of hydrogen-bond acceptors (Lipinski definition) is 3. The Hall–Kier alpha value is -1.41. The van der Waals surface area contributed by atoms with Gasteiger partial charge in [0.2, 0.25) is 0 Å². The van der Waals surface area contributed by atoms with Crippen LogP contribution in [0.25, 0.3) is 0 Å². The Kier molecular flexibility index (Phi) is 4.77. The highest BCUT2D eigenvalue weighted by Crippen LogP contribution is 2.37. The maximum atomic E-state index is 8.77. The summed E-state index contributed by atoms with van der Waals surface area (Å²) in [5.74, 6) is 0. The van der Waals surface area contributed by atoms with Crippen molar-refractivity contribution < 1.29 is 0 Å². The van der Waals surface area contributed by atoms with E-state index in [0.29, 0.717) is 21.4 Å². The van der Waals surface area contributed by atoms with Gasteiger partial charge in [0.05, 0.1) is 28.2 Å². The Morgan fingerprint density at radius 1 is 1.20 bits per heavy atom. The lowest BCUT2D eigenvalue weighted by atomic mass is 10.1. The van der Waals surface area contributed by atoms with Crippen molar-refractivity contribution in [1.29, 1.82) is 5.26 Å². The molecule has 0 radical (unpaired) electrons. The first-order chi connectivity index (χ1) is 9.52. The van der Waals surface area contributed by atoms with Crippen molar-refractivity contribution in [3.63, 3.8) is 0 Å². The minimum absolute atomic E-state index is 0.260. The summed E-state index contributed by atoms with van der Waals surface area (Å²) in [6, 6.07) is 11.1. The first-order valence-electron chi connectivity index (χ1n) is 5.69. The first kappa shape index (κ1) is 15.0. The van der Waals surface area contributed by atoms with Gasteiger partial charge >= 0.3 is 0 Å². The Morgan fingerprint density at radius 2 is 1.95 bits per heavy atom. The molecule has 0 saturated carbocycles. The summed E-state index contributed by atoms with van der Waals surface area (Å²) in [4.78, 5) is 0. The van der Waals surface area contributed by atoms with Crippen molar-refractivity contribution in [3.8, 4) is 6.07 Å². The molecule has 6 heteroatoms. The SMILES string of the molecule is N#CCc1cc(Nc2ccc(Br)c(Cl)c2Cl)ccc1N. The average molecular weight is 371 g/mol. The number of benzene rings is 2. The number of hydrogen-bond donors (Lipinski definition) is 2. The van der Waals surface area contributed by atoms with Gasteiger partial charge in [-0.25, -0.2) is 0 Å². The van der Waals surface area contributed by atoms with Gasteiger partial charge in [-0.1, -0.05) is 23.2 Å². The quantitative estimate of drug-likeness (QED) is 0.580. The lowest BCUT2D eigenvalue weighted by Gasteiger charge is -2.12. The molecule has 0 aromatic heterocycles. The minimum atomic E-state index is 0.260. The largest absolute Gasteiger partial charge is 0.398 e. The zero-order valence-electron chi connectivity index (χ0n) is 10.3. The fourth-order valence-corrected chi connectivity index (χ4v) is 2.52. The number of halogens is 3. The summed E-state index contributed by atoms with van der Waals surface area (Å²) in [5, 5.41) is 12.8. The van der Waals surface area contributed by atoms with Crippen LogP contribution in [0.1, 0.15) is 5.56 Å². The molecule has 0 spiro atoms. The van der Waals surface area contributed by atoms with Gasteiger partial charge in [0, 0.05) is 15.8 Å². The van der Waals surface area contributed by atoms with Crippen LogP contribution in [0, 0.1) is 11.3 Å². The summed E-state index contributed by atoms with van der Waals surface area (Å²) < 4.78 is 0.734. The van der Waals surface area contributed by atoms with Gasteiger partial charge in [-0.05, 0) is 51.8 Å². The van der Waals surface area contributed by atoms with Gasteiger partial charge in [-0.15, -0.1) is 0 Å². The van der Waals surface area contributed by atoms with Crippen LogP contribution in [0.5, 0.6) is 0 Å². The fraction of sp³-hybridized carbons (Fsp3) is 0.0714. The van der Waals surface area contributed by atoms with Gasteiger partial charge in [-0.2, -0.15) is 5.26 Å².